The third-order valence-electron chi connectivity index (χ3n) is 3.57. The van der Waals surface area contributed by atoms with E-state index in [9.17, 15) is 9.59 Å². The molecule has 0 aliphatic carbocycles. The lowest BCUT2D eigenvalue weighted by molar-refractivity contribution is -0.120. The number of thiocarbonyl (C=S) groups is 1. The predicted octanol–water partition coefficient (Wildman–Crippen LogP) is 3.30. The van der Waals surface area contributed by atoms with Crippen molar-refractivity contribution in [1.29, 1.82) is 0 Å². The molecule has 2 aromatic rings. The van der Waals surface area contributed by atoms with E-state index in [0.717, 1.165) is 0 Å². The lowest BCUT2D eigenvalue weighted by Crippen LogP contribution is -2.56. The number of allylic oxidation sites excluding steroid dienone is 1. The largest absolute Gasteiger partial charge is 0.269 e. The average Bonchev–Trinajstić information content (AvgIpc) is 2.57. The summed E-state index contributed by atoms with van der Waals surface area (Å²) >= 11 is 5.45. The molecule has 5 heteroatoms. The lowest BCUT2D eigenvalue weighted by atomic mass is 10.1. The van der Waals surface area contributed by atoms with E-state index in [1.54, 1.807) is 31.2 Å². The smallest absolute Gasteiger partial charge is 0.268 e. The van der Waals surface area contributed by atoms with E-state index in [-0.39, 0.29) is 10.7 Å². The first-order valence-corrected chi connectivity index (χ1v) is 7.55. The Morgan fingerprint density at radius 2 is 1.17 bits per heavy atom. The molecule has 1 aliphatic heterocycles. The van der Waals surface area contributed by atoms with Gasteiger partial charge in [0.1, 0.15) is 5.57 Å². The zero-order valence-corrected chi connectivity index (χ0v) is 13.3. The Morgan fingerprint density at radius 1 is 0.783 bits per heavy atom. The third-order valence-corrected chi connectivity index (χ3v) is 3.93. The van der Waals surface area contributed by atoms with Crippen molar-refractivity contribution in [2.75, 3.05) is 9.80 Å². The molecular formula is C18H14N2O2S. The Morgan fingerprint density at radius 3 is 1.52 bits per heavy atom. The van der Waals surface area contributed by atoms with E-state index >= 15 is 0 Å². The first kappa shape index (κ1) is 15.1. The fourth-order valence-corrected chi connectivity index (χ4v) is 2.84. The maximum atomic E-state index is 12.7. The number of hydrogen-bond donors (Lipinski definition) is 0. The predicted molar refractivity (Wildman–Crippen MR) is 94.2 cm³/mol. The van der Waals surface area contributed by atoms with E-state index in [1.807, 2.05) is 36.4 Å². The minimum atomic E-state index is -0.402. The third kappa shape index (κ3) is 2.55. The van der Waals surface area contributed by atoms with E-state index in [1.165, 1.54) is 15.9 Å². The molecule has 0 atom stereocenters. The van der Waals surface area contributed by atoms with Crippen LogP contribution in [0.1, 0.15) is 6.92 Å². The molecule has 0 spiro atoms. The van der Waals surface area contributed by atoms with Crippen molar-refractivity contribution in [3.8, 4) is 0 Å². The summed E-state index contributed by atoms with van der Waals surface area (Å²) in [6, 6.07) is 18.2. The van der Waals surface area contributed by atoms with Gasteiger partial charge in [-0.3, -0.25) is 19.4 Å². The molecule has 1 fully saturated rings. The van der Waals surface area contributed by atoms with Gasteiger partial charge in [0.25, 0.3) is 11.8 Å². The molecule has 0 aromatic heterocycles. The van der Waals surface area contributed by atoms with Gasteiger partial charge in [-0.1, -0.05) is 42.5 Å². The molecule has 2 amide bonds. The minimum Gasteiger partial charge on any atom is -0.268 e. The van der Waals surface area contributed by atoms with Crippen LogP contribution in [0.3, 0.4) is 0 Å². The standard InChI is InChI=1S/C18H14N2O2S/c1-2-15-16(21)19(13-9-5-3-6-10-13)18(23)20(17(15)22)14-11-7-4-8-12-14/h2-12H,1H3. The Labute approximate surface area is 139 Å². The quantitative estimate of drug-likeness (QED) is 0.484. The fraction of sp³-hybridized carbons (Fsp3) is 0.0556. The molecule has 23 heavy (non-hydrogen) atoms. The molecule has 0 saturated carbocycles. The average molecular weight is 322 g/mol. The molecule has 4 nitrogen and oxygen atoms in total. The van der Waals surface area contributed by atoms with Crippen LogP contribution in [-0.2, 0) is 9.59 Å². The number of carbonyl (C=O) groups is 2. The molecule has 0 unspecified atom stereocenters. The molecule has 2 aromatic carbocycles. The Bertz CT molecular complexity index is 737. The summed E-state index contributed by atoms with van der Waals surface area (Å²) in [7, 11) is 0. The second-order valence-corrected chi connectivity index (χ2v) is 5.30. The van der Waals surface area contributed by atoms with Crippen molar-refractivity contribution in [2.24, 2.45) is 0 Å². The Kier molecular flexibility index (Phi) is 4.04. The zero-order chi connectivity index (χ0) is 16.4. The van der Waals surface area contributed by atoms with E-state index in [0.29, 0.717) is 11.4 Å². The monoisotopic (exact) mass is 322 g/mol. The molecule has 1 heterocycles. The highest BCUT2D eigenvalue weighted by Gasteiger charge is 2.40. The number of carbonyl (C=O) groups excluding carboxylic acids is 2. The van der Waals surface area contributed by atoms with Gasteiger partial charge in [0.2, 0.25) is 0 Å². The van der Waals surface area contributed by atoms with Crippen molar-refractivity contribution in [2.45, 2.75) is 6.92 Å². The number of rotatable bonds is 2. The van der Waals surface area contributed by atoms with Crippen LogP contribution in [0.15, 0.2) is 72.3 Å². The molecule has 0 N–H and O–H groups in total. The van der Waals surface area contributed by atoms with E-state index in [4.69, 9.17) is 12.2 Å². The van der Waals surface area contributed by atoms with Crippen molar-refractivity contribution >= 4 is 40.5 Å². The number of amides is 2. The Hall–Kier alpha value is -2.79. The normalized spacial score (nSPS) is 15.2. The van der Waals surface area contributed by atoms with Gasteiger partial charge in [-0.2, -0.15) is 0 Å². The van der Waals surface area contributed by atoms with Crippen molar-refractivity contribution in [3.63, 3.8) is 0 Å². The van der Waals surface area contributed by atoms with Gasteiger partial charge in [0.05, 0.1) is 11.4 Å². The summed E-state index contributed by atoms with van der Waals surface area (Å²) in [6.45, 7) is 1.67. The van der Waals surface area contributed by atoms with Gasteiger partial charge in [0.15, 0.2) is 5.11 Å². The summed E-state index contributed by atoms with van der Waals surface area (Å²) < 4.78 is 0. The van der Waals surface area contributed by atoms with Crippen LogP contribution < -0.4 is 9.80 Å². The van der Waals surface area contributed by atoms with Crippen LogP contribution >= 0.6 is 12.2 Å². The van der Waals surface area contributed by atoms with Crippen LogP contribution in [-0.4, -0.2) is 16.9 Å². The van der Waals surface area contributed by atoms with Gasteiger partial charge in [-0.05, 0) is 43.4 Å². The summed E-state index contributed by atoms with van der Waals surface area (Å²) in [5.74, 6) is -0.804. The number of nitrogens with zero attached hydrogens (tertiary/aromatic N) is 2. The maximum absolute atomic E-state index is 12.7. The number of anilines is 2. The SMILES string of the molecule is CC=C1C(=O)N(c2ccccc2)C(=S)N(c2ccccc2)C1=O. The van der Waals surface area contributed by atoms with Crippen LogP contribution in [0.5, 0.6) is 0 Å². The summed E-state index contributed by atoms with van der Waals surface area (Å²) in [5.41, 5.74) is 1.37. The van der Waals surface area contributed by atoms with Gasteiger partial charge < -0.3 is 0 Å². The van der Waals surface area contributed by atoms with Gasteiger partial charge in [0, 0.05) is 0 Å². The van der Waals surface area contributed by atoms with Gasteiger partial charge in [-0.25, -0.2) is 0 Å². The highest BCUT2D eigenvalue weighted by molar-refractivity contribution is 7.81. The van der Waals surface area contributed by atoms with Crippen LogP contribution in [0.4, 0.5) is 11.4 Å². The second-order valence-electron chi connectivity index (χ2n) is 4.94. The van der Waals surface area contributed by atoms with Crippen LogP contribution in [0.2, 0.25) is 0 Å². The topological polar surface area (TPSA) is 40.6 Å². The van der Waals surface area contributed by atoms with Crippen molar-refractivity contribution < 1.29 is 9.59 Å². The maximum Gasteiger partial charge on any atom is 0.269 e. The number of hydrogen-bond acceptors (Lipinski definition) is 3. The molecule has 0 bridgehead atoms. The van der Waals surface area contributed by atoms with Crippen molar-refractivity contribution in [3.05, 3.63) is 72.3 Å². The summed E-state index contributed by atoms with van der Waals surface area (Å²) in [4.78, 5) is 28.1. The molecule has 114 valence electrons. The molecule has 0 radical (unpaired) electrons. The highest BCUT2D eigenvalue weighted by Crippen LogP contribution is 2.28. The van der Waals surface area contributed by atoms with E-state index in [2.05, 4.69) is 0 Å². The molecule has 1 saturated heterocycles. The minimum absolute atomic E-state index is 0.103. The molecular weight excluding hydrogens is 308 g/mol. The van der Waals surface area contributed by atoms with Crippen molar-refractivity contribution in [1.82, 2.24) is 0 Å². The van der Waals surface area contributed by atoms with Gasteiger partial charge >= 0.3 is 0 Å². The fourth-order valence-electron chi connectivity index (χ4n) is 2.46. The van der Waals surface area contributed by atoms with E-state index < -0.39 is 11.8 Å². The first-order chi connectivity index (χ1) is 11.1. The first-order valence-electron chi connectivity index (χ1n) is 7.14. The summed E-state index contributed by atoms with van der Waals surface area (Å²) in [5, 5.41) is 0.156. The van der Waals surface area contributed by atoms with Gasteiger partial charge in [-0.15, -0.1) is 0 Å². The highest BCUT2D eigenvalue weighted by atomic mass is 32.1. The number of benzene rings is 2. The second kappa shape index (κ2) is 6.14. The van der Waals surface area contributed by atoms with Crippen LogP contribution in [0, 0.1) is 0 Å². The Balaban J connectivity index is 2.13. The lowest BCUT2D eigenvalue weighted by Gasteiger charge is -2.36. The molecule has 3 rings (SSSR count). The number of para-hydroxylation sites is 2. The summed E-state index contributed by atoms with van der Waals surface area (Å²) in [6.07, 6.45) is 1.53. The molecule has 1 aliphatic rings. The zero-order valence-electron chi connectivity index (χ0n) is 12.5. The van der Waals surface area contributed by atoms with Crippen LogP contribution in [0.25, 0.3) is 0 Å².